The first-order chi connectivity index (χ1) is 20.6. The van der Waals surface area contributed by atoms with E-state index in [1.54, 1.807) is 42.5 Å². The van der Waals surface area contributed by atoms with Crippen LogP contribution >= 0.6 is 7.75 Å². The molecule has 1 saturated carbocycles. The molecule has 3 heterocycles. The summed E-state index contributed by atoms with van der Waals surface area (Å²) in [6.07, 6.45) is 1.98. The number of para-hydroxylation sites is 1. The first kappa shape index (κ1) is 30.9. The predicted octanol–water partition coefficient (Wildman–Crippen LogP) is 3.03. The number of hydrogen-bond donors (Lipinski definition) is 4. The number of nitrogens with two attached hydrogens (primary N) is 1. The van der Waals surface area contributed by atoms with Crippen LogP contribution in [-0.4, -0.2) is 68.0 Å². The van der Waals surface area contributed by atoms with E-state index in [2.05, 4.69) is 20.0 Å². The summed E-state index contributed by atoms with van der Waals surface area (Å²) in [7, 11) is -4.40. The molecule has 2 aliphatic rings. The van der Waals surface area contributed by atoms with Gasteiger partial charge in [-0.25, -0.2) is 20.6 Å². The number of fused-ring (bicyclic) bond motifs is 1. The fraction of sp³-hybridized carbons (Fsp3) is 0.500. The normalized spacial score (nSPS) is 26.4. The smallest absolute Gasteiger partial charge is 0.459 e. The predicted molar refractivity (Wildman–Crippen MR) is 153 cm³/mol. The van der Waals surface area contributed by atoms with Gasteiger partial charge < -0.3 is 25.2 Å². The third kappa shape index (κ3) is 6.67. The van der Waals surface area contributed by atoms with Crippen LogP contribution in [0.25, 0.3) is 10.4 Å². The van der Waals surface area contributed by atoms with Gasteiger partial charge in [0.25, 0.3) is 0 Å². The van der Waals surface area contributed by atoms with Crippen molar-refractivity contribution in [1.82, 2.24) is 19.7 Å². The summed E-state index contributed by atoms with van der Waals surface area (Å²) in [6, 6.07) is 10.2. The van der Waals surface area contributed by atoms with E-state index in [-0.39, 0.29) is 24.1 Å². The quantitative estimate of drug-likeness (QED) is 0.141. The minimum absolute atomic E-state index is 0.167. The van der Waals surface area contributed by atoms with Gasteiger partial charge in [0.1, 0.15) is 35.8 Å². The summed E-state index contributed by atoms with van der Waals surface area (Å²) in [6.45, 7) is 8.79. The molecule has 6 atom stereocenters. The highest BCUT2D eigenvalue weighted by molar-refractivity contribution is 7.52. The number of aliphatic hydroxyl groups is 2. The molecule has 3 aromatic rings. The first-order valence-corrected chi connectivity index (χ1v) is 15.6. The van der Waals surface area contributed by atoms with Gasteiger partial charge in [-0.15, -0.1) is 0 Å². The SMILES string of the molecule is [C-]#[N+][C@]1(COP(=O)(N[C@@H](C)C(=O)OCC2CCCCC2)Oc2ccccc2)O[C@@H](c2ccc3c(N)ncnn23)[C@H](O)[C@@H]1O. The minimum Gasteiger partial charge on any atom is -0.464 e. The van der Waals surface area contributed by atoms with E-state index >= 15 is 0 Å². The van der Waals surface area contributed by atoms with Crippen molar-refractivity contribution < 1.29 is 38.1 Å². The highest BCUT2D eigenvalue weighted by Crippen LogP contribution is 2.49. The largest absolute Gasteiger partial charge is 0.464 e. The lowest BCUT2D eigenvalue weighted by atomic mass is 9.90. The number of hydrogen-bond acceptors (Lipinski definition) is 11. The molecule has 5 rings (SSSR count). The van der Waals surface area contributed by atoms with Crippen molar-refractivity contribution in [1.29, 1.82) is 0 Å². The minimum atomic E-state index is -4.40. The van der Waals surface area contributed by atoms with Crippen LogP contribution in [-0.2, 0) is 23.4 Å². The summed E-state index contributed by atoms with van der Waals surface area (Å²) in [5.74, 6) is -0.000722. The zero-order valence-corrected chi connectivity index (χ0v) is 24.5. The van der Waals surface area contributed by atoms with E-state index in [1.165, 1.54) is 24.2 Å². The van der Waals surface area contributed by atoms with Gasteiger partial charge in [-0.05, 0) is 49.9 Å². The van der Waals surface area contributed by atoms with E-state index in [9.17, 15) is 19.6 Å². The number of nitrogens with one attached hydrogen (secondary N) is 1. The lowest BCUT2D eigenvalue weighted by Gasteiger charge is -2.26. The van der Waals surface area contributed by atoms with Crippen LogP contribution in [0.2, 0.25) is 0 Å². The highest BCUT2D eigenvalue weighted by atomic mass is 31.2. The van der Waals surface area contributed by atoms with Gasteiger partial charge in [0.05, 0.1) is 12.3 Å². The molecular formula is C28H35N6O8P. The number of ether oxygens (including phenoxy) is 2. The molecule has 1 aliphatic heterocycles. The van der Waals surface area contributed by atoms with Crippen LogP contribution in [0.5, 0.6) is 5.75 Å². The number of nitrogens with zero attached hydrogens (tertiary/aromatic N) is 4. The molecule has 230 valence electrons. The Bertz CT molecular complexity index is 1510. The molecule has 0 bridgehead atoms. The van der Waals surface area contributed by atoms with Crippen LogP contribution in [0, 0.1) is 12.5 Å². The van der Waals surface area contributed by atoms with Crippen molar-refractivity contribution in [3.63, 3.8) is 0 Å². The van der Waals surface area contributed by atoms with Crippen LogP contribution in [0.4, 0.5) is 5.82 Å². The number of aliphatic hydroxyl groups excluding tert-OH is 2. The van der Waals surface area contributed by atoms with Crippen LogP contribution in [0.3, 0.4) is 0 Å². The van der Waals surface area contributed by atoms with E-state index in [0.29, 0.717) is 11.2 Å². The Balaban J connectivity index is 1.33. The molecule has 43 heavy (non-hydrogen) atoms. The van der Waals surface area contributed by atoms with Gasteiger partial charge >= 0.3 is 19.4 Å². The standard InChI is InChI=1S/C28H35N6O8P/c1-18(27(37)39-15-19-9-5-3-6-10-19)33-43(38,42-20-11-7-4-8-12-20)40-16-28(30-2)25(36)23(35)24(41-28)21-13-14-22-26(29)31-17-32-34(21)22/h4,7-8,11-14,17-19,23-25,35-36H,3,5-6,9-10,15-16H2,1H3,(H,33,38)(H2,29,31,32)/t18-,23-,24-,25-,28+,43?/m0/s1. The highest BCUT2D eigenvalue weighted by Gasteiger charge is 2.62. The number of aromatic nitrogens is 3. The van der Waals surface area contributed by atoms with E-state index in [1.807, 2.05) is 0 Å². The van der Waals surface area contributed by atoms with Gasteiger partial charge in [0.2, 0.25) is 0 Å². The molecule has 0 radical (unpaired) electrons. The summed E-state index contributed by atoms with van der Waals surface area (Å²) in [4.78, 5) is 20.2. The first-order valence-electron chi connectivity index (χ1n) is 14.1. The second-order valence-corrected chi connectivity index (χ2v) is 12.5. The maximum atomic E-state index is 14.0. The molecule has 0 spiro atoms. The summed E-state index contributed by atoms with van der Waals surface area (Å²) in [5, 5.41) is 28.6. The van der Waals surface area contributed by atoms with Gasteiger partial charge in [0.15, 0.2) is 18.5 Å². The van der Waals surface area contributed by atoms with E-state index in [0.717, 1.165) is 25.7 Å². The van der Waals surface area contributed by atoms with Crippen LogP contribution in [0.1, 0.15) is 50.8 Å². The molecule has 2 aromatic heterocycles. The number of carbonyl (C=O) groups is 1. The van der Waals surface area contributed by atoms with Crippen molar-refractivity contribution in [2.75, 3.05) is 18.9 Å². The number of anilines is 1. The molecule has 15 heteroatoms. The zero-order chi connectivity index (χ0) is 30.6. The number of carbonyl (C=O) groups excluding carboxylic acids is 1. The van der Waals surface area contributed by atoms with Gasteiger partial charge in [-0.1, -0.05) is 37.5 Å². The van der Waals surface area contributed by atoms with Crippen LogP contribution < -0.4 is 15.3 Å². The average molecular weight is 615 g/mol. The Morgan fingerprint density at radius 2 is 2.00 bits per heavy atom. The number of nitrogen functional groups attached to an aromatic ring is 1. The lowest BCUT2D eigenvalue weighted by Crippen LogP contribution is -2.45. The molecule has 14 nitrogen and oxygen atoms in total. The van der Waals surface area contributed by atoms with E-state index < -0.39 is 50.4 Å². The Morgan fingerprint density at radius 3 is 2.72 bits per heavy atom. The molecule has 1 aliphatic carbocycles. The third-order valence-electron chi connectivity index (χ3n) is 7.72. The third-order valence-corrected chi connectivity index (χ3v) is 9.34. The number of rotatable bonds is 11. The number of benzene rings is 1. The fourth-order valence-electron chi connectivity index (χ4n) is 5.32. The van der Waals surface area contributed by atoms with Crippen molar-refractivity contribution >= 4 is 25.1 Å². The van der Waals surface area contributed by atoms with Crippen molar-refractivity contribution in [3.8, 4) is 5.75 Å². The van der Waals surface area contributed by atoms with E-state index in [4.69, 9.17) is 30.8 Å². The summed E-state index contributed by atoms with van der Waals surface area (Å²) >= 11 is 0. The topological polar surface area (TPSA) is 184 Å². The Hall–Kier alpha value is -3.57. The second-order valence-electron chi connectivity index (χ2n) is 10.8. The Morgan fingerprint density at radius 1 is 1.26 bits per heavy atom. The second kappa shape index (κ2) is 13.0. The van der Waals surface area contributed by atoms with Crippen LogP contribution in [0.15, 0.2) is 48.8 Å². The molecule has 1 aromatic carbocycles. The number of esters is 1. The van der Waals surface area contributed by atoms with Crippen molar-refractivity contribution in [2.45, 2.75) is 69.1 Å². The molecule has 2 fully saturated rings. The maximum Gasteiger partial charge on any atom is 0.459 e. The lowest BCUT2D eigenvalue weighted by molar-refractivity contribution is -0.147. The van der Waals surface area contributed by atoms with Gasteiger partial charge in [-0.2, -0.15) is 10.2 Å². The van der Waals surface area contributed by atoms with Gasteiger partial charge in [-0.3, -0.25) is 18.9 Å². The maximum absolute atomic E-state index is 14.0. The fourth-order valence-corrected chi connectivity index (χ4v) is 6.83. The summed E-state index contributed by atoms with van der Waals surface area (Å²) < 4.78 is 38.2. The zero-order valence-electron chi connectivity index (χ0n) is 23.6. The molecule has 5 N–H and O–H groups in total. The molecule has 1 unspecified atom stereocenters. The molecule has 1 saturated heterocycles. The van der Waals surface area contributed by atoms with Crippen molar-refractivity contribution in [2.24, 2.45) is 5.92 Å². The molecule has 0 amide bonds. The van der Waals surface area contributed by atoms with Crippen molar-refractivity contribution in [3.05, 3.63) is 65.9 Å². The Kier molecular flexibility index (Phi) is 9.31. The molecular weight excluding hydrogens is 579 g/mol. The van der Waals surface area contributed by atoms with Gasteiger partial charge in [0, 0.05) is 0 Å². The summed E-state index contributed by atoms with van der Waals surface area (Å²) in [5.41, 5.74) is 4.46. The monoisotopic (exact) mass is 614 g/mol. The Labute approximate surface area is 248 Å². The average Bonchev–Trinajstić information content (AvgIpc) is 3.55.